The molecule has 1 aliphatic carbocycles. The summed E-state index contributed by atoms with van der Waals surface area (Å²) in [4.78, 5) is 28.6. The highest BCUT2D eigenvalue weighted by atomic mass is 16.3. The molecule has 4 rings (SSSR count). The molecule has 2 heterocycles. The van der Waals surface area contributed by atoms with Crippen molar-refractivity contribution in [2.24, 2.45) is 5.92 Å². The van der Waals surface area contributed by atoms with Crippen LogP contribution in [0, 0.1) is 12.8 Å². The van der Waals surface area contributed by atoms with E-state index in [1.807, 2.05) is 30.3 Å². The van der Waals surface area contributed by atoms with Gasteiger partial charge < -0.3 is 10.4 Å². The molecule has 0 radical (unpaired) electrons. The predicted octanol–water partition coefficient (Wildman–Crippen LogP) is 1.57. The summed E-state index contributed by atoms with van der Waals surface area (Å²) in [5.41, 5.74) is 2.26. The van der Waals surface area contributed by atoms with Gasteiger partial charge in [-0.3, -0.25) is 14.7 Å². The van der Waals surface area contributed by atoms with E-state index in [1.165, 1.54) is 16.8 Å². The Balaban J connectivity index is 1.64. The van der Waals surface area contributed by atoms with Crippen molar-refractivity contribution >= 4 is 11.6 Å². The van der Waals surface area contributed by atoms with Crippen molar-refractivity contribution < 1.29 is 9.90 Å². The molecule has 1 amide bonds. The standard InChI is InChI=1S/C19H20N4O3/c1-11-15(10-20-16-9-17(25)22-23(11)16)19(26)21-18(13-7-14(24)8-13)12-5-3-2-4-6-12/h2-6,9-10,13-14,18,24H,7-8H2,1H3,(H,21,26)(H,22,25). The molecular formula is C19H20N4O3. The molecular weight excluding hydrogens is 332 g/mol. The first-order valence-electron chi connectivity index (χ1n) is 8.64. The SMILES string of the molecule is Cc1c(C(=O)NC(c2ccccc2)C2CC(O)C2)cnc2cc(=O)[nH]n12. The monoisotopic (exact) mass is 352 g/mol. The minimum atomic E-state index is -0.298. The van der Waals surface area contributed by atoms with E-state index in [2.05, 4.69) is 15.4 Å². The molecule has 134 valence electrons. The van der Waals surface area contributed by atoms with Crippen LogP contribution in [-0.2, 0) is 0 Å². The van der Waals surface area contributed by atoms with Gasteiger partial charge in [0.05, 0.1) is 23.4 Å². The smallest absolute Gasteiger partial charge is 0.266 e. The zero-order chi connectivity index (χ0) is 18.3. The third kappa shape index (κ3) is 2.90. The Morgan fingerprint density at radius 3 is 2.77 bits per heavy atom. The van der Waals surface area contributed by atoms with Crippen molar-refractivity contribution in [3.05, 3.63) is 69.8 Å². The average Bonchev–Trinajstić information content (AvgIpc) is 2.99. The van der Waals surface area contributed by atoms with Crippen LogP contribution in [0.4, 0.5) is 0 Å². The quantitative estimate of drug-likeness (QED) is 0.664. The number of nitrogens with one attached hydrogen (secondary N) is 2. The molecule has 3 aromatic rings. The van der Waals surface area contributed by atoms with Crippen LogP contribution in [0.15, 0.2) is 47.4 Å². The Kier molecular flexibility index (Phi) is 4.08. The lowest BCUT2D eigenvalue weighted by molar-refractivity contribution is 0.0235. The molecule has 0 aliphatic heterocycles. The fraction of sp³-hybridized carbons (Fsp3) is 0.316. The molecule has 2 aromatic heterocycles. The van der Waals surface area contributed by atoms with E-state index in [0.717, 1.165) is 5.56 Å². The Morgan fingerprint density at radius 2 is 2.08 bits per heavy atom. The van der Waals surface area contributed by atoms with Gasteiger partial charge in [0.2, 0.25) is 0 Å². The second-order valence-electron chi connectivity index (χ2n) is 6.82. The van der Waals surface area contributed by atoms with Crippen LogP contribution in [0.3, 0.4) is 0 Å². The van der Waals surface area contributed by atoms with E-state index in [0.29, 0.717) is 29.7 Å². The minimum Gasteiger partial charge on any atom is -0.393 e. The number of aliphatic hydroxyl groups excluding tert-OH is 1. The normalized spacial score (nSPS) is 20.5. The first kappa shape index (κ1) is 16.5. The van der Waals surface area contributed by atoms with Crippen molar-refractivity contribution in [2.45, 2.75) is 31.9 Å². The van der Waals surface area contributed by atoms with Crippen molar-refractivity contribution in [2.75, 3.05) is 0 Å². The highest BCUT2D eigenvalue weighted by Crippen LogP contribution is 2.38. The molecule has 1 unspecified atom stereocenters. The third-order valence-corrected chi connectivity index (χ3v) is 5.07. The van der Waals surface area contributed by atoms with E-state index >= 15 is 0 Å². The highest BCUT2D eigenvalue weighted by Gasteiger charge is 2.36. The Labute approximate surface area is 149 Å². The highest BCUT2D eigenvalue weighted by molar-refractivity contribution is 5.95. The van der Waals surface area contributed by atoms with Gasteiger partial charge in [0.15, 0.2) is 5.65 Å². The van der Waals surface area contributed by atoms with E-state index in [9.17, 15) is 14.7 Å². The number of hydrogen-bond donors (Lipinski definition) is 3. The van der Waals surface area contributed by atoms with Crippen molar-refractivity contribution in [1.82, 2.24) is 19.9 Å². The molecule has 0 saturated heterocycles. The van der Waals surface area contributed by atoms with Crippen molar-refractivity contribution in [1.29, 1.82) is 0 Å². The average molecular weight is 352 g/mol. The van der Waals surface area contributed by atoms with Crippen LogP contribution in [0.1, 0.15) is 40.5 Å². The summed E-state index contributed by atoms with van der Waals surface area (Å²) in [5.74, 6) is -0.0542. The molecule has 7 nitrogen and oxygen atoms in total. The van der Waals surface area contributed by atoms with E-state index in [-0.39, 0.29) is 29.5 Å². The topological polar surface area (TPSA) is 99.5 Å². The first-order valence-corrected chi connectivity index (χ1v) is 8.64. The summed E-state index contributed by atoms with van der Waals surface area (Å²) < 4.78 is 1.52. The number of rotatable bonds is 4. The third-order valence-electron chi connectivity index (χ3n) is 5.07. The number of carbonyl (C=O) groups excluding carboxylic acids is 1. The lowest BCUT2D eigenvalue weighted by atomic mass is 9.75. The molecule has 0 bridgehead atoms. The number of aromatic nitrogens is 3. The lowest BCUT2D eigenvalue weighted by Gasteiger charge is -2.38. The molecule has 3 N–H and O–H groups in total. The van der Waals surface area contributed by atoms with Gasteiger partial charge in [-0.25, -0.2) is 9.50 Å². The Morgan fingerprint density at radius 1 is 1.35 bits per heavy atom. The number of H-pyrrole nitrogens is 1. The maximum absolute atomic E-state index is 12.9. The van der Waals surface area contributed by atoms with Gasteiger partial charge in [-0.15, -0.1) is 0 Å². The number of aliphatic hydroxyl groups is 1. The Hall–Kier alpha value is -2.93. The number of aryl methyl sites for hydroxylation is 1. The lowest BCUT2D eigenvalue weighted by Crippen LogP contribution is -2.41. The summed E-state index contributed by atoms with van der Waals surface area (Å²) in [5, 5.41) is 15.4. The molecule has 0 spiro atoms. The number of nitrogens with zero attached hydrogens (tertiary/aromatic N) is 2. The van der Waals surface area contributed by atoms with Crippen molar-refractivity contribution in [3.63, 3.8) is 0 Å². The van der Waals surface area contributed by atoms with Gasteiger partial charge in [0.1, 0.15) is 0 Å². The molecule has 7 heteroatoms. The van der Waals surface area contributed by atoms with Crippen LogP contribution in [0.25, 0.3) is 5.65 Å². The van der Waals surface area contributed by atoms with Crippen LogP contribution in [-0.4, -0.2) is 31.7 Å². The fourth-order valence-electron chi connectivity index (χ4n) is 3.55. The zero-order valence-electron chi connectivity index (χ0n) is 14.3. The molecule has 1 saturated carbocycles. The number of amides is 1. The number of hydrogen-bond acceptors (Lipinski definition) is 4. The summed E-state index contributed by atoms with van der Waals surface area (Å²) >= 11 is 0. The molecule has 1 aromatic carbocycles. The van der Waals surface area contributed by atoms with Gasteiger partial charge in [0, 0.05) is 12.3 Å². The summed E-state index contributed by atoms with van der Waals surface area (Å²) in [7, 11) is 0. The maximum atomic E-state index is 12.9. The van der Waals surface area contributed by atoms with Crippen molar-refractivity contribution in [3.8, 4) is 0 Å². The van der Waals surface area contributed by atoms with E-state index in [1.54, 1.807) is 6.92 Å². The van der Waals surface area contributed by atoms with Gasteiger partial charge in [-0.05, 0) is 31.2 Å². The first-order chi connectivity index (χ1) is 12.5. The van der Waals surface area contributed by atoms with Gasteiger partial charge in [0.25, 0.3) is 11.5 Å². The fourth-order valence-corrected chi connectivity index (χ4v) is 3.55. The molecule has 1 atom stereocenters. The zero-order valence-corrected chi connectivity index (χ0v) is 14.3. The number of aromatic amines is 1. The van der Waals surface area contributed by atoms with Gasteiger partial charge in [-0.1, -0.05) is 30.3 Å². The number of carbonyl (C=O) groups is 1. The molecule has 1 aliphatic rings. The maximum Gasteiger partial charge on any atom is 0.266 e. The second kappa shape index (κ2) is 6.42. The number of fused-ring (bicyclic) bond motifs is 1. The molecule has 1 fully saturated rings. The van der Waals surface area contributed by atoms with Gasteiger partial charge in [-0.2, -0.15) is 0 Å². The van der Waals surface area contributed by atoms with Gasteiger partial charge >= 0.3 is 0 Å². The van der Waals surface area contributed by atoms with Crippen LogP contribution in [0.2, 0.25) is 0 Å². The van der Waals surface area contributed by atoms with E-state index in [4.69, 9.17) is 0 Å². The summed E-state index contributed by atoms with van der Waals surface area (Å²) in [6, 6.07) is 11.0. The largest absolute Gasteiger partial charge is 0.393 e. The van der Waals surface area contributed by atoms with Crippen LogP contribution in [0.5, 0.6) is 0 Å². The Bertz CT molecular complexity index is 1000. The number of benzene rings is 1. The van der Waals surface area contributed by atoms with E-state index < -0.39 is 0 Å². The van der Waals surface area contributed by atoms with Crippen LogP contribution < -0.4 is 10.9 Å². The second-order valence-corrected chi connectivity index (χ2v) is 6.82. The molecule has 26 heavy (non-hydrogen) atoms. The summed E-state index contributed by atoms with van der Waals surface area (Å²) in [6.45, 7) is 1.77. The summed E-state index contributed by atoms with van der Waals surface area (Å²) in [6.07, 6.45) is 2.53. The van der Waals surface area contributed by atoms with Crippen LogP contribution >= 0.6 is 0 Å². The minimum absolute atomic E-state index is 0.175. The predicted molar refractivity (Wildman–Crippen MR) is 95.9 cm³/mol.